The van der Waals surface area contributed by atoms with E-state index in [2.05, 4.69) is 10.3 Å². The molecule has 0 aliphatic rings. The van der Waals surface area contributed by atoms with Crippen molar-refractivity contribution in [2.24, 2.45) is 0 Å². The topological polar surface area (TPSA) is 72.7 Å². The van der Waals surface area contributed by atoms with Crippen LogP contribution in [-0.4, -0.2) is 27.4 Å². The second-order valence-corrected chi connectivity index (χ2v) is 6.10. The van der Waals surface area contributed by atoms with Crippen LogP contribution in [0.2, 0.25) is 0 Å². The molecule has 2 aromatic heterocycles. The molecule has 0 aliphatic carbocycles. The standard InChI is InChI=1S/C19H16F3N3O3/c1-11-6-5-9-16-23-15(10-25(11)16)18(27)28-12(2)17(26)24-14-8-4-3-7-13(14)19(20,21)22/h3-10,12H,1-2H3,(H,24,26). The summed E-state index contributed by atoms with van der Waals surface area (Å²) in [6, 6.07) is 9.87. The Morgan fingerprint density at radius 1 is 1.14 bits per heavy atom. The summed E-state index contributed by atoms with van der Waals surface area (Å²) in [6.07, 6.45) is -4.48. The molecule has 0 saturated carbocycles. The fraction of sp³-hybridized carbons (Fsp3) is 0.211. The number of halogens is 3. The van der Waals surface area contributed by atoms with Gasteiger partial charge in [0.15, 0.2) is 11.8 Å². The first-order valence-electron chi connectivity index (χ1n) is 8.29. The highest BCUT2D eigenvalue weighted by molar-refractivity contribution is 5.97. The van der Waals surface area contributed by atoms with Crippen molar-refractivity contribution in [3.8, 4) is 0 Å². The zero-order valence-electron chi connectivity index (χ0n) is 14.9. The molecule has 0 saturated heterocycles. The Labute approximate surface area is 157 Å². The highest BCUT2D eigenvalue weighted by Crippen LogP contribution is 2.34. The van der Waals surface area contributed by atoms with E-state index >= 15 is 0 Å². The molecule has 1 amide bonds. The zero-order chi connectivity index (χ0) is 20.5. The smallest absolute Gasteiger partial charge is 0.418 e. The lowest BCUT2D eigenvalue weighted by Gasteiger charge is -2.16. The summed E-state index contributed by atoms with van der Waals surface area (Å²) in [6.45, 7) is 3.10. The van der Waals surface area contributed by atoms with Gasteiger partial charge in [-0.1, -0.05) is 18.2 Å². The number of esters is 1. The van der Waals surface area contributed by atoms with Crippen LogP contribution < -0.4 is 5.32 Å². The van der Waals surface area contributed by atoms with E-state index in [0.717, 1.165) is 17.8 Å². The van der Waals surface area contributed by atoms with E-state index in [1.165, 1.54) is 25.3 Å². The number of nitrogens with one attached hydrogen (secondary N) is 1. The molecule has 3 aromatic rings. The molecule has 3 rings (SSSR count). The average Bonchev–Trinajstić information content (AvgIpc) is 3.07. The molecule has 1 atom stereocenters. The van der Waals surface area contributed by atoms with Crippen molar-refractivity contribution in [2.45, 2.75) is 26.1 Å². The van der Waals surface area contributed by atoms with Gasteiger partial charge in [0.1, 0.15) is 5.65 Å². The largest absolute Gasteiger partial charge is 0.448 e. The van der Waals surface area contributed by atoms with Gasteiger partial charge < -0.3 is 14.5 Å². The summed E-state index contributed by atoms with van der Waals surface area (Å²) in [5, 5.41) is 2.15. The van der Waals surface area contributed by atoms with Crippen molar-refractivity contribution < 1.29 is 27.5 Å². The van der Waals surface area contributed by atoms with Gasteiger partial charge in [-0.15, -0.1) is 0 Å². The molecule has 2 heterocycles. The lowest BCUT2D eigenvalue weighted by atomic mass is 10.1. The number of rotatable bonds is 4. The number of carbonyl (C=O) groups excluding carboxylic acids is 2. The molecule has 0 bridgehead atoms. The Morgan fingerprint density at radius 3 is 2.54 bits per heavy atom. The number of benzene rings is 1. The molecule has 6 nitrogen and oxygen atoms in total. The molecule has 1 unspecified atom stereocenters. The third-order valence-corrected chi connectivity index (χ3v) is 4.05. The SMILES string of the molecule is Cc1cccc2nc(C(=O)OC(C)C(=O)Nc3ccccc3C(F)(F)F)cn12. The number of imidazole rings is 1. The second kappa shape index (κ2) is 7.34. The maximum atomic E-state index is 13.0. The first-order chi connectivity index (χ1) is 13.2. The summed E-state index contributed by atoms with van der Waals surface area (Å²) in [7, 11) is 0. The number of alkyl halides is 3. The van der Waals surface area contributed by atoms with Crippen LogP contribution in [0, 0.1) is 6.92 Å². The number of fused-ring (bicyclic) bond motifs is 1. The van der Waals surface area contributed by atoms with Crippen molar-refractivity contribution in [2.75, 3.05) is 5.32 Å². The molecule has 9 heteroatoms. The fourth-order valence-corrected chi connectivity index (χ4v) is 2.59. The summed E-state index contributed by atoms with van der Waals surface area (Å²) in [5.74, 6) is -1.74. The van der Waals surface area contributed by atoms with E-state index in [0.29, 0.717) is 5.65 Å². The van der Waals surface area contributed by atoms with Gasteiger partial charge >= 0.3 is 12.1 Å². The summed E-state index contributed by atoms with van der Waals surface area (Å²) < 4.78 is 45.8. The van der Waals surface area contributed by atoms with E-state index in [4.69, 9.17) is 4.74 Å². The summed E-state index contributed by atoms with van der Waals surface area (Å²) in [4.78, 5) is 28.6. The Bertz CT molecular complexity index is 1040. The van der Waals surface area contributed by atoms with Gasteiger partial charge in [0, 0.05) is 11.9 Å². The van der Waals surface area contributed by atoms with Crippen LogP contribution >= 0.6 is 0 Å². The normalized spacial score (nSPS) is 12.6. The lowest BCUT2D eigenvalue weighted by Crippen LogP contribution is -2.30. The molecule has 0 spiro atoms. The second-order valence-electron chi connectivity index (χ2n) is 6.10. The molecule has 0 radical (unpaired) electrons. The van der Waals surface area contributed by atoms with E-state index in [1.54, 1.807) is 16.5 Å². The van der Waals surface area contributed by atoms with Crippen LogP contribution in [-0.2, 0) is 15.7 Å². The van der Waals surface area contributed by atoms with Crippen LogP contribution in [0.15, 0.2) is 48.7 Å². The predicted molar refractivity (Wildman–Crippen MR) is 94.9 cm³/mol. The number of aryl methyl sites for hydroxylation is 1. The van der Waals surface area contributed by atoms with Crippen molar-refractivity contribution in [1.29, 1.82) is 0 Å². The van der Waals surface area contributed by atoms with Crippen LogP contribution in [0.5, 0.6) is 0 Å². The van der Waals surface area contributed by atoms with Gasteiger partial charge in [-0.2, -0.15) is 13.2 Å². The van der Waals surface area contributed by atoms with Crippen molar-refractivity contribution >= 4 is 23.2 Å². The number of amides is 1. The predicted octanol–water partition coefficient (Wildman–Crippen LogP) is 3.85. The Kier molecular flexibility index (Phi) is 5.08. The van der Waals surface area contributed by atoms with E-state index in [9.17, 15) is 22.8 Å². The maximum absolute atomic E-state index is 13.0. The van der Waals surface area contributed by atoms with E-state index in [-0.39, 0.29) is 5.69 Å². The van der Waals surface area contributed by atoms with Crippen molar-refractivity contribution in [3.05, 3.63) is 65.6 Å². The van der Waals surface area contributed by atoms with Gasteiger partial charge in [-0.05, 0) is 38.1 Å². The third kappa shape index (κ3) is 3.98. The zero-order valence-corrected chi connectivity index (χ0v) is 14.9. The van der Waals surface area contributed by atoms with Gasteiger partial charge in [0.2, 0.25) is 0 Å². The van der Waals surface area contributed by atoms with Crippen molar-refractivity contribution in [3.63, 3.8) is 0 Å². The molecule has 28 heavy (non-hydrogen) atoms. The first-order valence-corrected chi connectivity index (χ1v) is 8.29. The van der Waals surface area contributed by atoms with Gasteiger partial charge in [0.05, 0.1) is 11.3 Å². The van der Waals surface area contributed by atoms with E-state index in [1.807, 2.05) is 13.0 Å². The number of para-hydroxylation sites is 1. The van der Waals surface area contributed by atoms with Crippen LogP contribution in [0.4, 0.5) is 18.9 Å². The number of hydrogen-bond donors (Lipinski definition) is 1. The highest BCUT2D eigenvalue weighted by Gasteiger charge is 2.34. The Hall–Kier alpha value is -3.36. The quantitative estimate of drug-likeness (QED) is 0.686. The molecule has 1 aromatic carbocycles. The molecule has 0 aliphatic heterocycles. The number of nitrogens with zero attached hydrogens (tertiary/aromatic N) is 2. The van der Waals surface area contributed by atoms with Crippen LogP contribution in [0.3, 0.4) is 0 Å². The molecular formula is C19H16F3N3O3. The third-order valence-electron chi connectivity index (χ3n) is 4.05. The minimum absolute atomic E-state index is 0.00959. The van der Waals surface area contributed by atoms with Gasteiger partial charge in [-0.3, -0.25) is 4.79 Å². The first kappa shape index (κ1) is 19.4. The van der Waals surface area contributed by atoms with Crippen molar-refractivity contribution in [1.82, 2.24) is 9.38 Å². The molecule has 0 fully saturated rings. The molecule has 146 valence electrons. The number of pyridine rings is 1. The number of hydrogen-bond acceptors (Lipinski definition) is 4. The van der Waals surface area contributed by atoms with Crippen LogP contribution in [0.1, 0.15) is 28.7 Å². The summed E-state index contributed by atoms with van der Waals surface area (Å²) >= 11 is 0. The molecular weight excluding hydrogens is 375 g/mol. The fourth-order valence-electron chi connectivity index (χ4n) is 2.59. The monoisotopic (exact) mass is 391 g/mol. The summed E-state index contributed by atoms with van der Waals surface area (Å²) in [5.41, 5.74) is -0.0321. The number of aromatic nitrogens is 2. The minimum Gasteiger partial charge on any atom is -0.448 e. The highest BCUT2D eigenvalue weighted by atomic mass is 19.4. The minimum atomic E-state index is -4.63. The van der Waals surface area contributed by atoms with Gasteiger partial charge in [-0.25, -0.2) is 9.78 Å². The van der Waals surface area contributed by atoms with Gasteiger partial charge in [0.25, 0.3) is 5.91 Å². The number of carbonyl (C=O) groups is 2. The Balaban J connectivity index is 1.72. The van der Waals surface area contributed by atoms with E-state index < -0.39 is 35.4 Å². The van der Waals surface area contributed by atoms with Crippen LogP contribution in [0.25, 0.3) is 5.65 Å². The lowest BCUT2D eigenvalue weighted by molar-refractivity contribution is -0.137. The average molecular weight is 391 g/mol. The maximum Gasteiger partial charge on any atom is 0.418 e. The Morgan fingerprint density at radius 2 is 1.86 bits per heavy atom. The molecule has 1 N–H and O–H groups in total. The number of anilines is 1. The number of ether oxygens (including phenoxy) is 1.